The summed E-state index contributed by atoms with van der Waals surface area (Å²) in [5.41, 5.74) is 1.12. The summed E-state index contributed by atoms with van der Waals surface area (Å²) in [6.07, 6.45) is -5.09. The number of carbonyl (C=O) groups is 2. The molecule has 1 aliphatic rings. The summed E-state index contributed by atoms with van der Waals surface area (Å²) >= 11 is 0. The van der Waals surface area contributed by atoms with Crippen LogP contribution in [-0.4, -0.2) is 31.2 Å². The van der Waals surface area contributed by atoms with Gasteiger partial charge in [-0.15, -0.1) is 13.2 Å². The molecule has 1 aliphatic heterocycles. The van der Waals surface area contributed by atoms with E-state index >= 15 is 0 Å². The Hall–Kier alpha value is -3.07. The SMILES string of the molecule is COc1ccc(OC(F)(F)F)cc1CNC1C(=O)CC(=O)NC1c1ccccc1. The van der Waals surface area contributed by atoms with E-state index in [2.05, 4.69) is 15.4 Å². The number of ether oxygens (including phenoxy) is 2. The highest BCUT2D eigenvalue weighted by atomic mass is 19.4. The van der Waals surface area contributed by atoms with Gasteiger partial charge in [-0.25, -0.2) is 0 Å². The average molecular weight is 408 g/mol. The van der Waals surface area contributed by atoms with Crippen molar-refractivity contribution < 1.29 is 32.2 Å². The fourth-order valence-corrected chi connectivity index (χ4v) is 3.24. The van der Waals surface area contributed by atoms with Gasteiger partial charge in [0.1, 0.15) is 11.5 Å². The van der Waals surface area contributed by atoms with Gasteiger partial charge in [-0.1, -0.05) is 30.3 Å². The molecule has 0 spiro atoms. The lowest BCUT2D eigenvalue weighted by atomic mass is 9.90. The van der Waals surface area contributed by atoms with Crippen molar-refractivity contribution >= 4 is 11.7 Å². The van der Waals surface area contributed by atoms with E-state index in [9.17, 15) is 22.8 Å². The molecule has 1 amide bonds. The van der Waals surface area contributed by atoms with Crippen molar-refractivity contribution in [3.8, 4) is 11.5 Å². The quantitative estimate of drug-likeness (QED) is 0.719. The van der Waals surface area contributed by atoms with Crippen LogP contribution in [-0.2, 0) is 16.1 Å². The van der Waals surface area contributed by atoms with E-state index in [0.717, 1.165) is 11.6 Å². The van der Waals surface area contributed by atoms with Crippen LogP contribution < -0.4 is 20.1 Å². The molecule has 2 aromatic carbocycles. The second-order valence-electron chi connectivity index (χ2n) is 6.48. The molecule has 2 aromatic rings. The number of benzene rings is 2. The Bertz CT molecular complexity index is 887. The highest BCUT2D eigenvalue weighted by Crippen LogP contribution is 2.29. The molecular weight excluding hydrogens is 389 g/mol. The Kier molecular flexibility index (Phi) is 6.07. The van der Waals surface area contributed by atoms with Gasteiger partial charge in [-0.2, -0.15) is 0 Å². The highest BCUT2D eigenvalue weighted by Gasteiger charge is 2.36. The third-order valence-electron chi connectivity index (χ3n) is 4.49. The van der Waals surface area contributed by atoms with Gasteiger partial charge >= 0.3 is 6.36 Å². The molecule has 0 saturated carbocycles. The zero-order valence-electron chi connectivity index (χ0n) is 15.5. The number of amides is 1. The second-order valence-corrected chi connectivity index (χ2v) is 6.48. The second kappa shape index (κ2) is 8.52. The van der Waals surface area contributed by atoms with Gasteiger partial charge < -0.3 is 20.1 Å². The number of hydrogen-bond acceptors (Lipinski definition) is 5. The zero-order chi connectivity index (χ0) is 21.0. The summed E-state index contributed by atoms with van der Waals surface area (Å²) in [6.45, 7) is 0.0356. The molecule has 0 radical (unpaired) electrons. The first kappa shape index (κ1) is 20.7. The molecule has 2 unspecified atom stereocenters. The topological polar surface area (TPSA) is 76.7 Å². The number of Topliss-reactive ketones (excluding diaryl/α,β-unsaturated/α-hetero) is 1. The Balaban J connectivity index is 1.81. The fraction of sp³-hybridized carbons (Fsp3) is 0.300. The fourth-order valence-electron chi connectivity index (χ4n) is 3.24. The Morgan fingerprint density at radius 1 is 1.14 bits per heavy atom. The Morgan fingerprint density at radius 2 is 1.86 bits per heavy atom. The molecule has 0 aliphatic carbocycles. The molecule has 29 heavy (non-hydrogen) atoms. The maximum Gasteiger partial charge on any atom is 0.573 e. The van der Waals surface area contributed by atoms with E-state index in [-0.39, 0.29) is 24.7 Å². The predicted molar refractivity (Wildman–Crippen MR) is 97.3 cm³/mol. The van der Waals surface area contributed by atoms with Crippen LogP contribution in [0.1, 0.15) is 23.6 Å². The van der Waals surface area contributed by atoms with E-state index in [4.69, 9.17) is 4.74 Å². The number of nitrogens with one attached hydrogen (secondary N) is 2. The van der Waals surface area contributed by atoms with Crippen LogP contribution in [0.25, 0.3) is 0 Å². The summed E-state index contributed by atoms with van der Waals surface area (Å²) in [5.74, 6) is -0.724. The Morgan fingerprint density at radius 3 is 2.52 bits per heavy atom. The first-order valence-corrected chi connectivity index (χ1v) is 8.80. The summed E-state index contributed by atoms with van der Waals surface area (Å²) in [6, 6.07) is 11.3. The summed E-state index contributed by atoms with van der Waals surface area (Å²) < 4.78 is 46.7. The van der Waals surface area contributed by atoms with Crippen LogP contribution in [0.3, 0.4) is 0 Å². The molecule has 1 saturated heterocycles. The van der Waals surface area contributed by atoms with Crippen LogP contribution in [0.15, 0.2) is 48.5 Å². The van der Waals surface area contributed by atoms with E-state index in [1.54, 1.807) is 24.3 Å². The number of rotatable bonds is 6. The largest absolute Gasteiger partial charge is 0.573 e. The van der Waals surface area contributed by atoms with Crippen LogP contribution in [0.2, 0.25) is 0 Å². The number of methoxy groups -OCH3 is 1. The number of halogens is 3. The molecule has 3 rings (SSSR count). The van der Waals surface area contributed by atoms with Gasteiger partial charge in [0.15, 0.2) is 5.78 Å². The van der Waals surface area contributed by atoms with Crippen molar-refractivity contribution in [1.29, 1.82) is 0 Å². The average Bonchev–Trinajstić information content (AvgIpc) is 2.66. The molecule has 1 heterocycles. The van der Waals surface area contributed by atoms with Gasteiger partial charge in [0.05, 0.1) is 25.6 Å². The van der Waals surface area contributed by atoms with Crippen molar-refractivity contribution in [2.24, 2.45) is 0 Å². The first-order chi connectivity index (χ1) is 13.8. The lowest BCUT2D eigenvalue weighted by Crippen LogP contribution is -2.53. The molecular formula is C20H19F3N2O4. The van der Waals surface area contributed by atoms with Crippen molar-refractivity contribution in [3.05, 3.63) is 59.7 Å². The van der Waals surface area contributed by atoms with Crippen LogP contribution >= 0.6 is 0 Å². The minimum absolute atomic E-state index is 0.0356. The number of hydrogen-bond donors (Lipinski definition) is 2. The van der Waals surface area contributed by atoms with Crippen LogP contribution in [0.4, 0.5) is 13.2 Å². The van der Waals surface area contributed by atoms with Crippen molar-refractivity contribution in [2.45, 2.75) is 31.4 Å². The molecule has 2 N–H and O–H groups in total. The summed E-state index contributed by atoms with van der Waals surface area (Å²) in [5, 5.41) is 5.83. The van der Waals surface area contributed by atoms with Crippen LogP contribution in [0, 0.1) is 0 Å². The van der Waals surface area contributed by atoms with E-state index < -0.39 is 24.2 Å². The minimum Gasteiger partial charge on any atom is -0.496 e. The summed E-state index contributed by atoms with van der Waals surface area (Å²) in [7, 11) is 1.39. The standard InChI is InChI=1S/C20H19F3N2O4/c1-28-16-8-7-14(29-20(21,22)23)9-13(16)11-24-19-15(26)10-17(27)25-18(19)12-5-3-2-4-6-12/h2-9,18-19,24H,10-11H2,1H3,(H,25,27). The molecule has 9 heteroatoms. The maximum absolute atomic E-state index is 12.5. The third kappa shape index (κ3) is 5.26. The molecule has 6 nitrogen and oxygen atoms in total. The highest BCUT2D eigenvalue weighted by molar-refractivity contribution is 6.03. The van der Waals surface area contributed by atoms with Crippen molar-refractivity contribution in [1.82, 2.24) is 10.6 Å². The smallest absolute Gasteiger partial charge is 0.496 e. The molecule has 1 fully saturated rings. The van der Waals surface area contributed by atoms with Gasteiger partial charge in [-0.05, 0) is 23.8 Å². The monoisotopic (exact) mass is 408 g/mol. The molecule has 2 atom stereocenters. The zero-order valence-corrected chi connectivity index (χ0v) is 15.5. The maximum atomic E-state index is 12.5. The van der Waals surface area contributed by atoms with Crippen molar-refractivity contribution in [3.63, 3.8) is 0 Å². The normalized spacial score (nSPS) is 19.6. The molecule has 154 valence electrons. The first-order valence-electron chi connectivity index (χ1n) is 8.80. The molecule has 0 bridgehead atoms. The lowest BCUT2D eigenvalue weighted by Gasteiger charge is -2.32. The van der Waals surface area contributed by atoms with Gasteiger partial charge in [-0.3, -0.25) is 9.59 Å². The van der Waals surface area contributed by atoms with E-state index in [1.807, 2.05) is 6.07 Å². The third-order valence-corrected chi connectivity index (χ3v) is 4.49. The number of piperidine rings is 1. The van der Waals surface area contributed by atoms with E-state index in [0.29, 0.717) is 11.3 Å². The van der Waals surface area contributed by atoms with Crippen LogP contribution in [0.5, 0.6) is 11.5 Å². The number of ketones is 1. The predicted octanol–water partition coefficient (Wildman–Crippen LogP) is 2.88. The van der Waals surface area contributed by atoms with Gasteiger partial charge in [0.2, 0.25) is 5.91 Å². The number of alkyl halides is 3. The molecule has 0 aromatic heterocycles. The Labute approximate surface area is 165 Å². The summed E-state index contributed by atoms with van der Waals surface area (Å²) in [4.78, 5) is 24.3. The number of carbonyl (C=O) groups excluding carboxylic acids is 2. The van der Waals surface area contributed by atoms with Gasteiger partial charge in [0, 0.05) is 12.1 Å². The van der Waals surface area contributed by atoms with Crippen molar-refractivity contribution in [2.75, 3.05) is 7.11 Å². The lowest BCUT2D eigenvalue weighted by molar-refractivity contribution is -0.274. The van der Waals surface area contributed by atoms with E-state index in [1.165, 1.54) is 19.2 Å². The van der Waals surface area contributed by atoms with Gasteiger partial charge in [0.25, 0.3) is 0 Å². The minimum atomic E-state index is -4.82.